The first-order chi connectivity index (χ1) is 11.6. The minimum atomic E-state index is -0.198. The average molecular weight is 325 g/mol. The van der Waals surface area contributed by atoms with Gasteiger partial charge in [-0.2, -0.15) is 0 Å². The molecule has 2 aromatic rings. The molecule has 1 N–H and O–H groups in total. The lowest BCUT2D eigenvalue weighted by Crippen LogP contribution is -2.32. The zero-order valence-corrected chi connectivity index (χ0v) is 14.1. The molecule has 1 atom stereocenters. The van der Waals surface area contributed by atoms with E-state index in [1.54, 1.807) is 24.3 Å². The van der Waals surface area contributed by atoms with Crippen LogP contribution in [0.15, 0.2) is 54.6 Å². The predicted molar refractivity (Wildman–Crippen MR) is 94.2 cm³/mol. The number of carbonyl (C=O) groups excluding carboxylic acids is 2. The quantitative estimate of drug-likeness (QED) is 0.748. The Morgan fingerprint density at radius 3 is 2.38 bits per heavy atom. The van der Waals surface area contributed by atoms with E-state index < -0.39 is 0 Å². The molecule has 0 bridgehead atoms. The Labute approximate surface area is 142 Å². The van der Waals surface area contributed by atoms with Gasteiger partial charge in [-0.15, -0.1) is 0 Å². The molecule has 2 rings (SSSR count). The van der Waals surface area contributed by atoms with Gasteiger partial charge in [0.15, 0.2) is 12.4 Å². The van der Waals surface area contributed by atoms with Crippen LogP contribution < -0.4 is 10.1 Å². The fourth-order valence-corrected chi connectivity index (χ4v) is 2.56. The first-order valence-electron chi connectivity index (χ1n) is 8.19. The van der Waals surface area contributed by atoms with Gasteiger partial charge in [0.1, 0.15) is 5.75 Å². The van der Waals surface area contributed by atoms with E-state index in [1.807, 2.05) is 30.3 Å². The zero-order valence-electron chi connectivity index (χ0n) is 14.1. The molecule has 0 aliphatic carbocycles. The molecule has 0 saturated carbocycles. The minimum absolute atomic E-state index is 0.0321. The number of ketones is 1. The number of rotatable bonds is 8. The van der Waals surface area contributed by atoms with Crippen molar-refractivity contribution < 1.29 is 14.3 Å². The van der Waals surface area contributed by atoms with Crippen LogP contribution in [-0.2, 0) is 4.79 Å². The number of para-hydroxylation sites is 1. The van der Waals surface area contributed by atoms with E-state index in [4.69, 9.17) is 4.74 Å². The van der Waals surface area contributed by atoms with Crippen molar-refractivity contribution in [1.29, 1.82) is 0 Å². The maximum absolute atomic E-state index is 12.2. The molecule has 0 radical (unpaired) electrons. The van der Waals surface area contributed by atoms with E-state index in [0.29, 0.717) is 11.3 Å². The highest BCUT2D eigenvalue weighted by Gasteiger charge is 2.15. The number of ether oxygens (including phenoxy) is 1. The summed E-state index contributed by atoms with van der Waals surface area (Å²) in [6.45, 7) is 3.45. The molecule has 0 aliphatic rings. The fraction of sp³-hybridized carbons (Fsp3) is 0.300. The van der Waals surface area contributed by atoms with Crippen LogP contribution in [0.25, 0.3) is 0 Å². The topological polar surface area (TPSA) is 55.4 Å². The van der Waals surface area contributed by atoms with Crippen LogP contribution in [0.3, 0.4) is 0 Å². The van der Waals surface area contributed by atoms with Crippen molar-refractivity contribution >= 4 is 11.7 Å². The second kappa shape index (κ2) is 8.87. The molecule has 1 amide bonds. The zero-order chi connectivity index (χ0) is 17.4. The summed E-state index contributed by atoms with van der Waals surface area (Å²) in [5.41, 5.74) is 1.57. The van der Waals surface area contributed by atoms with E-state index in [1.165, 1.54) is 6.92 Å². The smallest absolute Gasteiger partial charge is 0.258 e. The summed E-state index contributed by atoms with van der Waals surface area (Å²) in [5.74, 6) is 0.154. The van der Waals surface area contributed by atoms with Gasteiger partial charge in [-0.1, -0.05) is 55.8 Å². The second-order valence-electron chi connectivity index (χ2n) is 5.66. The maximum Gasteiger partial charge on any atom is 0.258 e. The Bertz CT molecular complexity index is 682. The van der Waals surface area contributed by atoms with Crippen LogP contribution in [0.1, 0.15) is 48.7 Å². The molecule has 4 nitrogen and oxygen atoms in total. The Hall–Kier alpha value is -2.62. The van der Waals surface area contributed by atoms with Crippen molar-refractivity contribution in [2.24, 2.45) is 0 Å². The third-order valence-corrected chi connectivity index (χ3v) is 3.74. The lowest BCUT2D eigenvalue weighted by atomic mass is 10.0. The van der Waals surface area contributed by atoms with Gasteiger partial charge in [0.2, 0.25) is 0 Å². The molecule has 4 heteroatoms. The van der Waals surface area contributed by atoms with E-state index in [-0.39, 0.29) is 24.3 Å². The Morgan fingerprint density at radius 2 is 1.71 bits per heavy atom. The molecule has 0 heterocycles. The molecule has 0 unspecified atom stereocenters. The Kier molecular flexibility index (Phi) is 6.55. The third kappa shape index (κ3) is 4.95. The highest BCUT2D eigenvalue weighted by Crippen LogP contribution is 2.20. The van der Waals surface area contributed by atoms with Crippen molar-refractivity contribution in [2.45, 2.75) is 32.7 Å². The number of amides is 1. The van der Waals surface area contributed by atoms with Crippen molar-refractivity contribution in [3.63, 3.8) is 0 Å². The average Bonchev–Trinajstić information content (AvgIpc) is 2.60. The maximum atomic E-state index is 12.2. The lowest BCUT2D eigenvalue weighted by Gasteiger charge is -2.19. The molecule has 126 valence electrons. The molecule has 0 aliphatic heterocycles. The van der Waals surface area contributed by atoms with Gasteiger partial charge in [0, 0.05) is 0 Å². The van der Waals surface area contributed by atoms with E-state index >= 15 is 0 Å². The second-order valence-corrected chi connectivity index (χ2v) is 5.66. The number of hydrogen-bond donors (Lipinski definition) is 1. The Morgan fingerprint density at radius 1 is 1.04 bits per heavy atom. The minimum Gasteiger partial charge on any atom is -0.483 e. The van der Waals surface area contributed by atoms with Crippen LogP contribution in [-0.4, -0.2) is 18.3 Å². The van der Waals surface area contributed by atoms with Crippen molar-refractivity contribution in [3.05, 3.63) is 65.7 Å². The highest BCUT2D eigenvalue weighted by molar-refractivity contribution is 5.96. The summed E-state index contributed by atoms with van der Waals surface area (Å²) < 4.78 is 5.54. The molecule has 0 spiro atoms. The van der Waals surface area contributed by atoms with Gasteiger partial charge in [0.25, 0.3) is 5.91 Å². The number of carbonyl (C=O) groups is 2. The summed E-state index contributed by atoms with van der Waals surface area (Å²) in [5, 5.41) is 3.00. The van der Waals surface area contributed by atoms with Gasteiger partial charge < -0.3 is 10.1 Å². The molecule has 2 aromatic carbocycles. The Balaban J connectivity index is 1.98. The van der Waals surface area contributed by atoms with Gasteiger partial charge in [-0.3, -0.25) is 9.59 Å². The van der Waals surface area contributed by atoms with E-state index in [0.717, 1.165) is 18.4 Å². The van der Waals surface area contributed by atoms with Crippen LogP contribution in [0.5, 0.6) is 5.75 Å². The molecule has 0 saturated heterocycles. The lowest BCUT2D eigenvalue weighted by molar-refractivity contribution is -0.123. The summed E-state index contributed by atoms with van der Waals surface area (Å²) in [7, 11) is 0. The summed E-state index contributed by atoms with van der Waals surface area (Å²) >= 11 is 0. The largest absolute Gasteiger partial charge is 0.483 e. The highest BCUT2D eigenvalue weighted by atomic mass is 16.5. The number of benzene rings is 2. The van der Waals surface area contributed by atoms with E-state index in [2.05, 4.69) is 12.2 Å². The van der Waals surface area contributed by atoms with Crippen LogP contribution >= 0.6 is 0 Å². The van der Waals surface area contributed by atoms with Crippen LogP contribution in [0.4, 0.5) is 0 Å². The van der Waals surface area contributed by atoms with Gasteiger partial charge in [-0.05, 0) is 31.0 Å². The molecule has 0 aromatic heterocycles. The molecular weight excluding hydrogens is 302 g/mol. The van der Waals surface area contributed by atoms with Crippen molar-refractivity contribution in [2.75, 3.05) is 6.61 Å². The van der Waals surface area contributed by atoms with Crippen molar-refractivity contribution in [1.82, 2.24) is 5.32 Å². The first-order valence-corrected chi connectivity index (χ1v) is 8.19. The monoisotopic (exact) mass is 325 g/mol. The van der Waals surface area contributed by atoms with Gasteiger partial charge >= 0.3 is 0 Å². The normalized spacial score (nSPS) is 11.6. The van der Waals surface area contributed by atoms with Gasteiger partial charge in [0.05, 0.1) is 11.6 Å². The fourth-order valence-electron chi connectivity index (χ4n) is 2.56. The predicted octanol–water partition coefficient (Wildman–Crippen LogP) is 3.93. The molecule has 24 heavy (non-hydrogen) atoms. The number of Topliss-reactive ketones (excluding diaryl/α,β-unsaturated/α-hetero) is 1. The molecular formula is C20H23NO3. The summed E-state index contributed by atoms with van der Waals surface area (Å²) in [6, 6.07) is 16.8. The van der Waals surface area contributed by atoms with Gasteiger partial charge in [-0.25, -0.2) is 0 Å². The van der Waals surface area contributed by atoms with Crippen LogP contribution in [0.2, 0.25) is 0 Å². The number of hydrogen-bond acceptors (Lipinski definition) is 3. The summed E-state index contributed by atoms with van der Waals surface area (Å²) in [4.78, 5) is 23.8. The SMILES string of the molecule is CCC[C@@H](NC(=O)COc1ccccc1C(C)=O)c1ccccc1. The first kappa shape index (κ1) is 17.7. The number of nitrogens with one attached hydrogen (secondary N) is 1. The van der Waals surface area contributed by atoms with Crippen LogP contribution in [0, 0.1) is 0 Å². The van der Waals surface area contributed by atoms with E-state index in [9.17, 15) is 9.59 Å². The summed E-state index contributed by atoms with van der Waals surface area (Å²) in [6.07, 6.45) is 1.83. The molecule has 0 fully saturated rings. The third-order valence-electron chi connectivity index (χ3n) is 3.74. The standard InChI is InChI=1S/C20H23NO3/c1-3-9-18(16-10-5-4-6-11-16)21-20(23)14-24-19-13-8-7-12-17(19)15(2)22/h4-8,10-13,18H,3,9,14H2,1-2H3,(H,21,23)/t18-/m1/s1. The van der Waals surface area contributed by atoms with Crippen molar-refractivity contribution in [3.8, 4) is 5.75 Å².